The van der Waals surface area contributed by atoms with Crippen molar-refractivity contribution in [3.05, 3.63) is 35.9 Å². The maximum absolute atomic E-state index is 13.7. The zero-order valence-corrected chi connectivity index (χ0v) is 73.5. The number of hydrogen-bond donors (Lipinski definition) is 1. The van der Waals surface area contributed by atoms with E-state index in [0.29, 0.717) is 297 Å². The van der Waals surface area contributed by atoms with E-state index in [-0.39, 0.29) is 58.7 Å². The number of unbranched alkanes of at least 4 members (excludes halogenated alkanes) is 10. The minimum atomic E-state index is -1.18. The molecule has 696 valence electrons. The first-order valence-corrected chi connectivity index (χ1v) is 44.0. The van der Waals surface area contributed by atoms with E-state index >= 15 is 0 Å². The Morgan fingerprint density at radius 1 is 0.319 bits per heavy atom. The van der Waals surface area contributed by atoms with Gasteiger partial charge in [0.15, 0.2) is 0 Å². The van der Waals surface area contributed by atoms with Crippen LogP contribution in [-0.2, 0) is 149 Å². The van der Waals surface area contributed by atoms with E-state index in [1.165, 1.54) is 38.5 Å². The molecule has 0 aliphatic carbocycles. The molecule has 0 radical (unpaired) electrons. The molecule has 1 rings (SSSR count). The number of nitriles is 1. The van der Waals surface area contributed by atoms with Gasteiger partial charge < -0.3 is 128 Å². The van der Waals surface area contributed by atoms with Gasteiger partial charge in [-0.05, 0) is 57.4 Å². The largest absolute Gasteiger partial charge is 0.481 e. The van der Waals surface area contributed by atoms with E-state index < -0.39 is 53.0 Å². The second kappa shape index (κ2) is 89.9. The van der Waals surface area contributed by atoms with Crippen molar-refractivity contribution in [1.29, 1.82) is 5.26 Å². The number of nitrogens with zero attached hydrogens (tertiary/aromatic N) is 1. The van der Waals surface area contributed by atoms with Gasteiger partial charge in [0.2, 0.25) is 0 Å². The van der Waals surface area contributed by atoms with Crippen molar-refractivity contribution in [2.75, 3.05) is 317 Å². The summed E-state index contributed by atoms with van der Waals surface area (Å²) in [5.41, 5.74) is -0.234. The fraction of sp³-hybridized carbons (Fsp3) is 0.874. The number of carboxylic acids is 1. The lowest BCUT2D eigenvalue weighted by atomic mass is 9.75. The fourth-order valence-electron chi connectivity index (χ4n) is 11.2. The molecule has 0 amide bonds. The molecule has 0 aliphatic heterocycles. The second-order valence-electron chi connectivity index (χ2n) is 28.3. The Bertz CT molecular complexity index is 2370. The SMILES string of the molecule is CCCCCCCCCCCCOC(=O)C(CC(C)C(=O)OCCOCCOCCOCCOCCOCCOCCOCCOCCOCCOCCOCCOCCOCCOCCOCCOCCOCCOCCOCCOCCOCCOCCOCCCC)CC(CC(C#N)CC(C)(CC)C(=O)OCc1ccccc1)C(=O)O. The molecule has 1 aromatic carbocycles. The van der Waals surface area contributed by atoms with Crippen molar-refractivity contribution in [3.8, 4) is 6.07 Å². The van der Waals surface area contributed by atoms with Crippen molar-refractivity contribution in [2.24, 2.45) is 29.1 Å². The molecule has 0 aromatic heterocycles. The fourth-order valence-corrected chi connectivity index (χ4v) is 11.2. The molecule has 0 heterocycles. The van der Waals surface area contributed by atoms with E-state index in [2.05, 4.69) is 19.9 Å². The van der Waals surface area contributed by atoms with Gasteiger partial charge in [-0.15, -0.1) is 0 Å². The molecular formula is C87H157NO31. The number of benzene rings is 1. The van der Waals surface area contributed by atoms with Gasteiger partial charge in [0.25, 0.3) is 0 Å². The summed E-state index contributed by atoms with van der Waals surface area (Å²) in [6, 6.07) is 11.5. The highest BCUT2D eigenvalue weighted by Crippen LogP contribution is 2.36. The van der Waals surface area contributed by atoms with Gasteiger partial charge in [-0.2, -0.15) is 5.26 Å². The molecular weight excluding hydrogens is 1550 g/mol. The highest BCUT2D eigenvalue weighted by molar-refractivity contribution is 5.78. The summed E-state index contributed by atoms with van der Waals surface area (Å²) in [6.45, 7) is 31.0. The molecule has 0 aliphatic rings. The van der Waals surface area contributed by atoms with E-state index in [1.807, 2.05) is 37.3 Å². The van der Waals surface area contributed by atoms with E-state index in [4.69, 9.17) is 123 Å². The molecule has 5 atom stereocenters. The standard InChI is InChI=1S/C87H157NO31/c1-6-9-11-12-13-14-15-16-17-21-25-117-85(92)82(74-81(83(89)90)73-80(76-88)75-87(5,8-3)86(93)119-77-79-22-19-18-20-23-79)72-78(4)84(91)118-71-70-116-69-68-115-67-66-114-65-64-113-63-62-112-61-60-111-59-58-110-57-56-109-55-54-108-53-52-107-51-50-106-49-48-105-47-46-104-45-44-103-43-42-102-41-40-101-39-38-100-37-36-99-35-34-98-33-32-97-31-30-96-29-28-95-27-26-94-24-10-7-2/h18-20,22-23,78,80-82H,6-17,21,24-75,77H2,1-5H3,(H,89,90). The number of rotatable bonds is 98. The Balaban J connectivity index is 1.91. The van der Waals surface area contributed by atoms with Crippen molar-refractivity contribution < 1.29 is 147 Å². The Hall–Kier alpha value is -4.33. The summed E-state index contributed by atoms with van der Waals surface area (Å²) >= 11 is 0. The van der Waals surface area contributed by atoms with Gasteiger partial charge in [-0.25, -0.2) is 0 Å². The number of carboxylic acid groups (broad SMARTS) is 1. The van der Waals surface area contributed by atoms with Crippen LogP contribution in [0.1, 0.15) is 149 Å². The van der Waals surface area contributed by atoms with E-state index in [9.17, 15) is 29.5 Å². The quantitative estimate of drug-likeness (QED) is 0.0360. The zero-order chi connectivity index (χ0) is 86.0. The number of ether oxygens (including phenoxy) is 26. The molecule has 5 unspecified atom stereocenters. The summed E-state index contributed by atoms with van der Waals surface area (Å²) < 4.78 is 144. The first kappa shape index (κ1) is 113. The monoisotopic (exact) mass is 1710 g/mol. The van der Waals surface area contributed by atoms with Gasteiger partial charge in [0.1, 0.15) is 13.2 Å². The average Bonchev–Trinajstić information content (AvgIpc) is 0.839. The number of carbonyl (C=O) groups is 4. The minimum Gasteiger partial charge on any atom is -0.481 e. The number of carbonyl (C=O) groups excluding carboxylic acids is 3. The highest BCUT2D eigenvalue weighted by atomic mass is 16.6. The van der Waals surface area contributed by atoms with Crippen LogP contribution in [0, 0.1) is 40.4 Å². The lowest BCUT2D eigenvalue weighted by Crippen LogP contribution is -2.33. The van der Waals surface area contributed by atoms with Crippen LogP contribution in [0.5, 0.6) is 0 Å². The topological polar surface area (TPSA) is 352 Å². The first-order valence-electron chi connectivity index (χ1n) is 44.0. The van der Waals surface area contributed by atoms with Gasteiger partial charge in [-0.1, -0.05) is 122 Å². The number of esters is 3. The van der Waals surface area contributed by atoms with Crippen LogP contribution in [0.15, 0.2) is 30.3 Å². The van der Waals surface area contributed by atoms with Crippen molar-refractivity contribution in [1.82, 2.24) is 0 Å². The van der Waals surface area contributed by atoms with Crippen LogP contribution < -0.4 is 0 Å². The number of hydrogen-bond acceptors (Lipinski definition) is 31. The zero-order valence-electron chi connectivity index (χ0n) is 73.5. The molecule has 0 saturated carbocycles. The summed E-state index contributed by atoms with van der Waals surface area (Å²) in [5.74, 6) is -6.52. The van der Waals surface area contributed by atoms with Crippen LogP contribution in [0.3, 0.4) is 0 Å². The number of aliphatic carboxylic acids is 1. The third-order valence-electron chi connectivity index (χ3n) is 18.3. The van der Waals surface area contributed by atoms with Crippen molar-refractivity contribution in [3.63, 3.8) is 0 Å². The first-order chi connectivity index (χ1) is 58.5. The van der Waals surface area contributed by atoms with Crippen LogP contribution in [0.25, 0.3) is 0 Å². The molecule has 32 heteroatoms. The predicted molar refractivity (Wildman–Crippen MR) is 443 cm³/mol. The van der Waals surface area contributed by atoms with E-state index in [0.717, 1.165) is 44.3 Å². The minimum absolute atomic E-state index is 0.0172. The normalized spacial score (nSPS) is 13.1. The maximum atomic E-state index is 13.7. The van der Waals surface area contributed by atoms with Crippen LogP contribution in [-0.4, -0.2) is 346 Å². The van der Waals surface area contributed by atoms with Gasteiger partial charge in [0, 0.05) is 12.5 Å². The van der Waals surface area contributed by atoms with E-state index in [1.54, 1.807) is 13.8 Å². The van der Waals surface area contributed by atoms with Crippen molar-refractivity contribution >= 4 is 23.9 Å². The van der Waals surface area contributed by atoms with Gasteiger partial charge >= 0.3 is 23.9 Å². The molecule has 1 aromatic rings. The Morgan fingerprint density at radius 3 is 0.866 bits per heavy atom. The predicted octanol–water partition coefficient (Wildman–Crippen LogP) is 9.99. The molecule has 0 saturated heterocycles. The van der Waals surface area contributed by atoms with Gasteiger partial charge in [-0.3, -0.25) is 19.2 Å². The highest BCUT2D eigenvalue weighted by Gasteiger charge is 2.39. The molecule has 0 spiro atoms. The summed E-state index contributed by atoms with van der Waals surface area (Å²) in [7, 11) is 0. The third kappa shape index (κ3) is 77.0. The maximum Gasteiger partial charge on any atom is 0.312 e. The molecule has 32 nitrogen and oxygen atoms in total. The molecule has 119 heavy (non-hydrogen) atoms. The summed E-state index contributed by atoms with van der Waals surface area (Å²) in [6.07, 6.45) is 13.5. The Kier molecular flexibility index (Phi) is 85.2. The van der Waals surface area contributed by atoms with Crippen LogP contribution in [0.4, 0.5) is 0 Å². The van der Waals surface area contributed by atoms with Crippen LogP contribution >= 0.6 is 0 Å². The van der Waals surface area contributed by atoms with Crippen LogP contribution in [0.2, 0.25) is 0 Å². The molecule has 1 N–H and O–H groups in total. The molecule has 0 bridgehead atoms. The summed E-state index contributed by atoms with van der Waals surface area (Å²) in [4.78, 5) is 53.2. The second-order valence-corrected chi connectivity index (χ2v) is 28.3. The lowest BCUT2D eigenvalue weighted by molar-refractivity contribution is -0.157. The van der Waals surface area contributed by atoms with Crippen molar-refractivity contribution in [2.45, 2.75) is 150 Å². The average molecular weight is 1710 g/mol. The molecule has 0 fully saturated rings. The Morgan fingerprint density at radius 2 is 0.588 bits per heavy atom. The van der Waals surface area contributed by atoms with Gasteiger partial charge in [0.05, 0.1) is 333 Å². The Labute approximate surface area is 712 Å². The summed E-state index contributed by atoms with van der Waals surface area (Å²) in [5, 5.41) is 20.8. The third-order valence-corrected chi connectivity index (χ3v) is 18.3. The smallest absolute Gasteiger partial charge is 0.312 e. The lowest BCUT2D eigenvalue weighted by Gasteiger charge is -2.29.